The van der Waals surface area contributed by atoms with Crippen LogP contribution in [0.3, 0.4) is 0 Å². The van der Waals surface area contributed by atoms with Crippen molar-refractivity contribution in [3.8, 4) is 11.1 Å². The summed E-state index contributed by atoms with van der Waals surface area (Å²) in [5, 5.41) is 14.8. The predicted octanol–water partition coefficient (Wildman–Crippen LogP) is 3.92. The maximum atomic E-state index is 12.4. The van der Waals surface area contributed by atoms with Crippen molar-refractivity contribution in [2.45, 2.75) is 44.6 Å². The monoisotopic (exact) mass is 450 g/mol. The number of carboxylic acid groups (broad SMARTS) is 1. The van der Waals surface area contributed by atoms with Crippen molar-refractivity contribution in [2.24, 2.45) is 11.8 Å². The highest BCUT2D eigenvalue weighted by molar-refractivity contribution is 5.79. The first kappa shape index (κ1) is 22.8. The summed E-state index contributed by atoms with van der Waals surface area (Å²) in [7, 11) is 0. The first-order valence-corrected chi connectivity index (χ1v) is 11.5. The normalized spacial score (nSPS) is 19.9. The SMILES string of the molecule is C[C@@H](CC(=O)NC[C@H]1CCC[C@H]1C(=O)O)NC(=O)OCC1c2ccccc2-c2ccccc21. The van der Waals surface area contributed by atoms with Crippen molar-refractivity contribution in [1.82, 2.24) is 10.6 Å². The lowest BCUT2D eigenvalue weighted by atomic mass is 9.96. The van der Waals surface area contributed by atoms with Crippen LogP contribution in [0.25, 0.3) is 11.1 Å². The fraction of sp³-hybridized carbons (Fsp3) is 0.423. The molecule has 0 unspecified atom stereocenters. The summed E-state index contributed by atoms with van der Waals surface area (Å²) in [5.74, 6) is -1.44. The molecule has 0 aromatic heterocycles. The number of carboxylic acids is 1. The highest BCUT2D eigenvalue weighted by Gasteiger charge is 2.33. The quantitative estimate of drug-likeness (QED) is 0.565. The van der Waals surface area contributed by atoms with E-state index in [0.717, 1.165) is 24.0 Å². The lowest BCUT2D eigenvalue weighted by Crippen LogP contribution is -2.39. The summed E-state index contributed by atoms with van der Waals surface area (Å²) in [6.07, 6.45) is 1.89. The maximum absolute atomic E-state index is 12.4. The van der Waals surface area contributed by atoms with E-state index in [1.165, 1.54) is 11.1 Å². The Morgan fingerprint density at radius 2 is 1.67 bits per heavy atom. The molecule has 7 nitrogen and oxygen atoms in total. The van der Waals surface area contributed by atoms with Gasteiger partial charge in [-0.2, -0.15) is 0 Å². The largest absolute Gasteiger partial charge is 0.481 e. The molecule has 0 aliphatic heterocycles. The molecule has 0 saturated heterocycles. The number of alkyl carbamates (subject to hydrolysis) is 1. The Balaban J connectivity index is 1.24. The molecule has 2 aromatic rings. The van der Waals surface area contributed by atoms with Gasteiger partial charge in [-0.25, -0.2) is 4.79 Å². The lowest BCUT2D eigenvalue weighted by Gasteiger charge is -2.19. The molecule has 3 N–H and O–H groups in total. The molecule has 4 rings (SSSR count). The lowest BCUT2D eigenvalue weighted by molar-refractivity contribution is -0.143. The van der Waals surface area contributed by atoms with Gasteiger partial charge in [0, 0.05) is 24.9 Å². The summed E-state index contributed by atoms with van der Waals surface area (Å²) in [6.45, 7) is 2.32. The van der Waals surface area contributed by atoms with Gasteiger partial charge in [-0.05, 0) is 47.9 Å². The van der Waals surface area contributed by atoms with E-state index in [9.17, 15) is 19.5 Å². The number of hydrogen-bond acceptors (Lipinski definition) is 4. The topological polar surface area (TPSA) is 105 Å². The van der Waals surface area contributed by atoms with Crippen molar-refractivity contribution in [1.29, 1.82) is 0 Å². The zero-order valence-electron chi connectivity index (χ0n) is 18.8. The Labute approximate surface area is 193 Å². The molecule has 3 atom stereocenters. The van der Waals surface area contributed by atoms with E-state index in [1.807, 2.05) is 24.3 Å². The van der Waals surface area contributed by atoms with E-state index in [4.69, 9.17) is 4.74 Å². The summed E-state index contributed by atoms with van der Waals surface area (Å²) in [6, 6.07) is 15.9. The summed E-state index contributed by atoms with van der Waals surface area (Å²) >= 11 is 0. The Morgan fingerprint density at radius 3 is 2.30 bits per heavy atom. The minimum atomic E-state index is -0.794. The van der Waals surface area contributed by atoms with Gasteiger partial charge in [0.05, 0.1) is 5.92 Å². The van der Waals surface area contributed by atoms with Gasteiger partial charge in [0.2, 0.25) is 5.91 Å². The Hall–Kier alpha value is -3.35. The number of ether oxygens (including phenoxy) is 1. The van der Waals surface area contributed by atoms with Crippen LogP contribution in [0.2, 0.25) is 0 Å². The molecule has 2 aliphatic carbocycles. The van der Waals surface area contributed by atoms with Gasteiger partial charge in [0.15, 0.2) is 0 Å². The molecule has 2 aliphatic rings. The van der Waals surface area contributed by atoms with Crippen molar-refractivity contribution in [3.63, 3.8) is 0 Å². The Kier molecular flexibility index (Phi) is 6.96. The number of fused-ring (bicyclic) bond motifs is 3. The van der Waals surface area contributed by atoms with Crippen LogP contribution in [0, 0.1) is 11.8 Å². The zero-order valence-corrected chi connectivity index (χ0v) is 18.8. The molecule has 0 spiro atoms. The van der Waals surface area contributed by atoms with E-state index in [-0.39, 0.29) is 36.7 Å². The molecule has 174 valence electrons. The number of carbonyl (C=O) groups is 3. The molecule has 0 radical (unpaired) electrons. The molecule has 0 bridgehead atoms. The van der Waals surface area contributed by atoms with Crippen LogP contribution < -0.4 is 10.6 Å². The van der Waals surface area contributed by atoms with E-state index >= 15 is 0 Å². The van der Waals surface area contributed by atoms with Gasteiger partial charge < -0.3 is 20.5 Å². The summed E-state index contributed by atoms with van der Waals surface area (Å²) in [4.78, 5) is 35.9. The van der Waals surface area contributed by atoms with Gasteiger partial charge in [-0.15, -0.1) is 0 Å². The van der Waals surface area contributed by atoms with Crippen LogP contribution in [-0.2, 0) is 14.3 Å². The van der Waals surface area contributed by atoms with Gasteiger partial charge in [0.25, 0.3) is 0 Å². The van der Waals surface area contributed by atoms with Gasteiger partial charge in [0.1, 0.15) is 6.61 Å². The molecule has 33 heavy (non-hydrogen) atoms. The standard InChI is InChI=1S/C26H30N2O5/c1-16(13-24(29)27-14-17-7-6-12-18(17)25(30)31)28-26(32)33-15-23-21-10-4-2-8-19(21)20-9-3-5-11-22(20)23/h2-5,8-11,16-18,23H,6-7,12-15H2,1H3,(H,27,29)(H,28,32)(H,30,31)/t16-,17+,18+/m0/s1. The predicted molar refractivity (Wildman–Crippen MR) is 124 cm³/mol. The van der Waals surface area contributed by atoms with Crippen molar-refractivity contribution >= 4 is 18.0 Å². The van der Waals surface area contributed by atoms with Crippen LogP contribution in [-0.4, -0.2) is 42.3 Å². The molecule has 1 saturated carbocycles. The number of nitrogens with one attached hydrogen (secondary N) is 2. The Morgan fingerprint density at radius 1 is 1.03 bits per heavy atom. The second-order valence-corrected chi connectivity index (χ2v) is 9.01. The highest BCUT2D eigenvalue weighted by Crippen LogP contribution is 2.44. The van der Waals surface area contributed by atoms with E-state index in [0.29, 0.717) is 13.0 Å². The van der Waals surface area contributed by atoms with E-state index < -0.39 is 18.1 Å². The summed E-state index contributed by atoms with van der Waals surface area (Å²) in [5.41, 5.74) is 4.62. The third-order valence-corrected chi connectivity index (χ3v) is 6.74. The average molecular weight is 451 g/mol. The van der Waals surface area contributed by atoms with Gasteiger partial charge in [-0.1, -0.05) is 55.0 Å². The third-order valence-electron chi connectivity index (χ3n) is 6.74. The van der Waals surface area contributed by atoms with Crippen molar-refractivity contribution in [2.75, 3.05) is 13.2 Å². The number of amides is 2. The number of carbonyl (C=O) groups excluding carboxylic acids is 2. The first-order valence-electron chi connectivity index (χ1n) is 11.5. The smallest absolute Gasteiger partial charge is 0.407 e. The van der Waals surface area contributed by atoms with Crippen LogP contribution in [0.15, 0.2) is 48.5 Å². The van der Waals surface area contributed by atoms with Crippen LogP contribution in [0.5, 0.6) is 0 Å². The number of aliphatic carboxylic acids is 1. The third kappa shape index (κ3) is 5.18. The van der Waals surface area contributed by atoms with Crippen LogP contribution in [0.4, 0.5) is 4.79 Å². The fourth-order valence-electron chi connectivity index (χ4n) is 5.09. The Bertz CT molecular complexity index is 991. The molecule has 2 amide bonds. The number of hydrogen-bond donors (Lipinski definition) is 3. The minimum absolute atomic E-state index is 0.0182. The molecule has 1 fully saturated rings. The maximum Gasteiger partial charge on any atom is 0.407 e. The fourth-order valence-corrected chi connectivity index (χ4v) is 5.09. The van der Waals surface area contributed by atoms with E-state index in [2.05, 4.69) is 34.9 Å². The molecule has 2 aromatic carbocycles. The second kappa shape index (κ2) is 10.1. The van der Waals surface area contributed by atoms with Crippen LogP contribution in [0.1, 0.15) is 49.7 Å². The first-order chi connectivity index (χ1) is 15.9. The molecule has 7 heteroatoms. The van der Waals surface area contributed by atoms with Gasteiger partial charge >= 0.3 is 12.1 Å². The van der Waals surface area contributed by atoms with E-state index in [1.54, 1.807) is 6.92 Å². The van der Waals surface area contributed by atoms with Crippen molar-refractivity contribution in [3.05, 3.63) is 59.7 Å². The number of rotatable bonds is 8. The second-order valence-electron chi connectivity index (χ2n) is 9.01. The van der Waals surface area contributed by atoms with Crippen molar-refractivity contribution < 1.29 is 24.2 Å². The van der Waals surface area contributed by atoms with Crippen LogP contribution >= 0.6 is 0 Å². The average Bonchev–Trinajstić information content (AvgIpc) is 3.39. The zero-order chi connectivity index (χ0) is 23.4. The molecular formula is C26H30N2O5. The van der Waals surface area contributed by atoms with Gasteiger partial charge in [-0.3, -0.25) is 9.59 Å². The molecular weight excluding hydrogens is 420 g/mol. The number of benzene rings is 2. The summed E-state index contributed by atoms with van der Waals surface area (Å²) < 4.78 is 5.53. The highest BCUT2D eigenvalue weighted by atomic mass is 16.5. The minimum Gasteiger partial charge on any atom is -0.481 e. The molecule has 0 heterocycles.